The van der Waals surface area contributed by atoms with Crippen LogP contribution in [0.4, 0.5) is 4.79 Å². The molecule has 0 radical (unpaired) electrons. The van der Waals surface area contributed by atoms with Gasteiger partial charge in [0.25, 0.3) is 5.91 Å². The van der Waals surface area contributed by atoms with E-state index in [2.05, 4.69) is 24.5 Å². The van der Waals surface area contributed by atoms with Gasteiger partial charge < -0.3 is 14.2 Å². The lowest BCUT2D eigenvalue weighted by atomic mass is 10.4. The molecule has 0 aromatic heterocycles. The maximum absolute atomic E-state index is 12.7. The Kier molecular flexibility index (Phi) is 11.7. The first-order valence-corrected chi connectivity index (χ1v) is 8.17. The van der Waals surface area contributed by atoms with Gasteiger partial charge in [-0.1, -0.05) is 19.7 Å². The van der Waals surface area contributed by atoms with Gasteiger partial charge in [-0.05, 0) is 0 Å². The third-order valence-corrected chi connectivity index (χ3v) is 3.10. The van der Waals surface area contributed by atoms with Crippen molar-refractivity contribution >= 4 is 35.8 Å². The van der Waals surface area contributed by atoms with Gasteiger partial charge in [0.2, 0.25) is 5.91 Å². The highest BCUT2D eigenvalue weighted by Gasteiger charge is 2.29. The SMILES string of the molecule is C=CC(=O)OCCN(C(C)=O)C(=O)N(CCOC(=O)C=C)C(=O)COC(=O)C=C. The van der Waals surface area contributed by atoms with Gasteiger partial charge in [-0.3, -0.25) is 19.4 Å². The number of urea groups is 1. The molecule has 0 aromatic rings. The Morgan fingerprint density at radius 3 is 1.55 bits per heavy atom. The summed E-state index contributed by atoms with van der Waals surface area (Å²) in [6.45, 7) is 8.31. The molecule has 4 amide bonds. The number of esters is 3. The number of carbonyl (C=O) groups excluding carboxylic acids is 6. The molecule has 0 unspecified atom stereocenters. The Morgan fingerprint density at radius 2 is 1.14 bits per heavy atom. The topological polar surface area (TPSA) is 137 Å². The molecular formula is C18H22N2O9. The molecule has 0 heterocycles. The molecule has 158 valence electrons. The number of imide groups is 2. The second-order valence-corrected chi connectivity index (χ2v) is 5.05. The zero-order valence-corrected chi connectivity index (χ0v) is 16.0. The molecule has 0 bridgehead atoms. The van der Waals surface area contributed by atoms with E-state index in [9.17, 15) is 28.8 Å². The molecule has 0 spiro atoms. The average Bonchev–Trinajstić information content (AvgIpc) is 2.70. The van der Waals surface area contributed by atoms with Crippen LogP contribution in [0.15, 0.2) is 38.0 Å². The van der Waals surface area contributed by atoms with E-state index in [-0.39, 0.29) is 13.2 Å². The zero-order chi connectivity index (χ0) is 22.4. The molecule has 0 fully saturated rings. The Morgan fingerprint density at radius 1 is 0.724 bits per heavy atom. The highest BCUT2D eigenvalue weighted by molar-refractivity contribution is 6.02. The van der Waals surface area contributed by atoms with Crippen LogP contribution in [0, 0.1) is 0 Å². The predicted octanol–water partition coefficient (Wildman–Crippen LogP) is -0.0289. The summed E-state index contributed by atoms with van der Waals surface area (Å²) in [5, 5.41) is 0. The summed E-state index contributed by atoms with van der Waals surface area (Å²) in [5.41, 5.74) is 0. The predicted molar refractivity (Wildman–Crippen MR) is 98.0 cm³/mol. The summed E-state index contributed by atoms with van der Waals surface area (Å²) < 4.78 is 14.0. The number of nitrogens with zero attached hydrogens (tertiary/aromatic N) is 2. The summed E-state index contributed by atoms with van der Waals surface area (Å²) in [6, 6.07) is -1.08. The molecule has 0 aromatic carbocycles. The van der Waals surface area contributed by atoms with Crippen molar-refractivity contribution < 1.29 is 43.0 Å². The smallest absolute Gasteiger partial charge is 0.333 e. The Hall–Kier alpha value is -3.76. The molecule has 0 aliphatic rings. The maximum atomic E-state index is 12.7. The number of hydrogen-bond donors (Lipinski definition) is 0. The van der Waals surface area contributed by atoms with Gasteiger partial charge in [-0.25, -0.2) is 19.2 Å². The lowest BCUT2D eigenvalue weighted by molar-refractivity contribution is -0.148. The number of rotatable bonds is 11. The van der Waals surface area contributed by atoms with Crippen LogP contribution in [-0.2, 0) is 38.2 Å². The highest BCUT2D eigenvalue weighted by atomic mass is 16.5. The number of hydrogen-bond acceptors (Lipinski definition) is 9. The van der Waals surface area contributed by atoms with Crippen LogP contribution in [-0.4, -0.2) is 78.5 Å². The highest BCUT2D eigenvalue weighted by Crippen LogP contribution is 2.03. The van der Waals surface area contributed by atoms with Gasteiger partial charge in [0, 0.05) is 25.2 Å². The van der Waals surface area contributed by atoms with Crippen molar-refractivity contribution in [2.45, 2.75) is 6.92 Å². The second-order valence-electron chi connectivity index (χ2n) is 5.05. The lowest BCUT2D eigenvalue weighted by Crippen LogP contribution is -2.51. The largest absolute Gasteiger partial charge is 0.461 e. The standard InChI is InChI=1S/C18H22N2O9/c1-5-15(23)27-10-8-19(13(4)21)18(26)20(9-11-28-16(24)6-2)14(22)12-29-17(25)7-3/h5-7H,1-3,8-12H2,4H3. The third kappa shape index (κ3) is 9.65. The molecular weight excluding hydrogens is 388 g/mol. The van der Waals surface area contributed by atoms with Crippen molar-refractivity contribution in [1.29, 1.82) is 0 Å². The minimum Gasteiger partial charge on any atom is -0.461 e. The van der Waals surface area contributed by atoms with Gasteiger partial charge in [-0.15, -0.1) is 0 Å². The summed E-state index contributed by atoms with van der Waals surface area (Å²) in [7, 11) is 0. The number of carbonyl (C=O) groups is 6. The van der Waals surface area contributed by atoms with Gasteiger partial charge in [0.15, 0.2) is 6.61 Å². The Labute approximate surface area is 167 Å². The normalized spacial score (nSPS) is 9.41. The van der Waals surface area contributed by atoms with Crippen LogP contribution >= 0.6 is 0 Å². The van der Waals surface area contributed by atoms with E-state index < -0.39 is 55.5 Å². The summed E-state index contributed by atoms with van der Waals surface area (Å²) >= 11 is 0. The van der Waals surface area contributed by atoms with Crippen LogP contribution in [0.2, 0.25) is 0 Å². The summed E-state index contributed by atoms with van der Waals surface area (Å²) in [4.78, 5) is 71.3. The van der Waals surface area contributed by atoms with E-state index in [4.69, 9.17) is 9.47 Å². The van der Waals surface area contributed by atoms with Crippen LogP contribution < -0.4 is 0 Å². The van der Waals surface area contributed by atoms with Crippen molar-refractivity contribution in [3.63, 3.8) is 0 Å². The molecule has 0 N–H and O–H groups in total. The second kappa shape index (κ2) is 13.4. The molecule has 0 saturated carbocycles. The number of amides is 4. The van der Waals surface area contributed by atoms with Gasteiger partial charge in [0.05, 0.1) is 13.1 Å². The third-order valence-electron chi connectivity index (χ3n) is 3.10. The number of ether oxygens (including phenoxy) is 3. The first-order chi connectivity index (χ1) is 13.7. The monoisotopic (exact) mass is 410 g/mol. The maximum Gasteiger partial charge on any atom is 0.333 e. The first kappa shape index (κ1) is 25.2. The molecule has 0 atom stereocenters. The van der Waals surface area contributed by atoms with Crippen LogP contribution in [0.1, 0.15) is 6.92 Å². The van der Waals surface area contributed by atoms with E-state index in [1.54, 1.807) is 0 Å². The Balaban J connectivity index is 5.29. The zero-order valence-electron chi connectivity index (χ0n) is 16.0. The molecule has 0 rings (SSSR count). The molecule has 29 heavy (non-hydrogen) atoms. The van der Waals surface area contributed by atoms with E-state index in [0.29, 0.717) is 9.80 Å². The van der Waals surface area contributed by atoms with E-state index in [0.717, 1.165) is 25.2 Å². The molecule has 11 nitrogen and oxygen atoms in total. The fourth-order valence-corrected chi connectivity index (χ4v) is 1.72. The van der Waals surface area contributed by atoms with Crippen molar-refractivity contribution in [3.05, 3.63) is 38.0 Å². The van der Waals surface area contributed by atoms with Crippen LogP contribution in [0.3, 0.4) is 0 Å². The molecule has 0 aliphatic heterocycles. The minimum absolute atomic E-state index is 0.338. The summed E-state index contributed by atoms with van der Waals surface area (Å²) in [6.07, 6.45) is 2.61. The van der Waals surface area contributed by atoms with Crippen molar-refractivity contribution in [1.82, 2.24) is 9.80 Å². The van der Waals surface area contributed by atoms with Crippen LogP contribution in [0.25, 0.3) is 0 Å². The van der Waals surface area contributed by atoms with Gasteiger partial charge >= 0.3 is 23.9 Å². The Bertz CT molecular complexity index is 699. The molecule has 11 heteroatoms. The van der Waals surface area contributed by atoms with E-state index in [1.165, 1.54) is 0 Å². The van der Waals surface area contributed by atoms with E-state index >= 15 is 0 Å². The van der Waals surface area contributed by atoms with Crippen molar-refractivity contribution in [2.24, 2.45) is 0 Å². The lowest BCUT2D eigenvalue weighted by Gasteiger charge is -2.27. The fraction of sp³-hybridized carbons (Fsp3) is 0.333. The van der Waals surface area contributed by atoms with Crippen molar-refractivity contribution in [2.75, 3.05) is 32.9 Å². The van der Waals surface area contributed by atoms with E-state index in [1.807, 2.05) is 0 Å². The quantitative estimate of drug-likeness (QED) is 0.261. The van der Waals surface area contributed by atoms with Gasteiger partial charge in [0.1, 0.15) is 13.2 Å². The molecule has 0 saturated heterocycles. The minimum atomic E-state index is -1.08. The first-order valence-electron chi connectivity index (χ1n) is 8.17. The summed E-state index contributed by atoms with van der Waals surface area (Å²) in [5.74, 6) is -4.17. The molecule has 0 aliphatic carbocycles. The average molecular weight is 410 g/mol. The van der Waals surface area contributed by atoms with Crippen LogP contribution in [0.5, 0.6) is 0 Å². The van der Waals surface area contributed by atoms with Crippen molar-refractivity contribution in [3.8, 4) is 0 Å². The van der Waals surface area contributed by atoms with Gasteiger partial charge in [-0.2, -0.15) is 0 Å². The fourth-order valence-electron chi connectivity index (χ4n) is 1.72.